The van der Waals surface area contributed by atoms with Gasteiger partial charge in [0.05, 0.1) is 0 Å². The molecule has 28 heavy (non-hydrogen) atoms. The topological polar surface area (TPSA) is 3.24 Å². The Morgan fingerprint density at radius 2 is 1.71 bits per heavy atom. The Balaban J connectivity index is 1.84. The standard InChI is InChI=1S/C27H35N/c1-18-8-12-21(13-9-18)28-24-14-10-19(26(2,3)4)16-22(24)23-17-20(27(5,6)7)11-15-25(23)28/h8,10-16,18,23H,9,17H2,1-7H3. The summed E-state index contributed by atoms with van der Waals surface area (Å²) in [4.78, 5) is 2.52. The first-order valence-corrected chi connectivity index (χ1v) is 10.8. The van der Waals surface area contributed by atoms with E-state index in [9.17, 15) is 0 Å². The third kappa shape index (κ3) is 3.30. The van der Waals surface area contributed by atoms with Crippen LogP contribution in [-0.2, 0) is 5.41 Å². The number of allylic oxidation sites excluding steroid dienone is 7. The van der Waals surface area contributed by atoms with E-state index in [1.807, 2.05) is 0 Å². The van der Waals surface area contributed by atoms with Crippen molar-refractivity contribution >= 4 is 5.69 Å². The number of benzene rings is 1. The van der Waals surface area contributed by atoms with E-state index in [1.165, 1.54) is 28.2 Å². The van der Waals surface area contributed by atoms with Gasteiger partial charge in [0, 0.05) is 23.0 Å². The van der Waals surface area contributed by atoms with Gasteiger partial charge in [-0.2, -0.15) is 0 Å². The molecule has 0 bridgehead atoms. The van der Waals surface area contributed by atoms with Crippen LogP contribution in [0.2, 0.25) is 0 Å². The molecule has 3 aliphatic rings. The fourth-order valence-corrected chi connectivity index (χ4v) is 4.56. The van der Waals surface area contributed by atoms with E-state index in [1.54, 1.807) is 5.57 Å². The summed E-state index contributed by atoms with van der Waals surface area (Å²) < 4.78 is 0. The van der Waals surface area contributed by atoms with Gasteiger partial charge in [0.1, 0.15) is 0 Å². The molecule has 2 atom stereocenters. The second-order valence-electron chi connectivity index (χ2n) is 10.9. The molecule has 1 heteroatoms. The van der Waals surface area contributed by atoms with Gasteiger partial charge in [-0.1, -0.05) is 84.4 Å². The quantitative estimate of drug-likeness (QED) is 0.489. The zero-order valence-electron chi connectivity index (χ0n) is 18.6. The Labute approximate surface area is 171 Å². The van der Waals surface area contributed by atoms with Crippen molar-refractivity contribution in [3.63, 3.8) is 0 Å². The van der Waals surface area contributed by atoms with E-state index in [2.05, 4.69) is 102 Å². The Morgan fingerprint density at radius 3 is 2.32 bits per heavy atom. The molecule has 0 amide bonds. The predicted octanol–water partition coefficient (Wildman–Crippen LogP) is 7.63. The molecule has 148 valence electrons. The number of fused-ring (bicyclic) bond motifs is 3. The zero-order chi connectivity index (χ0) is 20.3. The summed E-state index contributed by atoms with van der Waals surface area (Å²) in [6.07, 6.45) is 14.1. The summed E-state index contributed by atoms with van der Waals surface area (Å²) in [6, 6.07) is 7.17. The minimum atomic E-state index is 0.170. The van der Waals surface area contributed by atoms with Crippen LogP contribution in [0.3, 0.4) is 0 Å². The van der Waals surface area contributed by atoms with Crippen LogP contribution in [0.25, 0.3) is 0 Å². The number of nitrogens with zero attached hydrogens (tertiary/aromatic N) is 1. The Morgan fingerprint density at radius 1 is 0.964 bits per heavy atom. The van der Waals surface area contributed by atoms with E-state index in [0.717, 1.165) is 12.8 Å². The highest BCUT2D eigenvalue weighted by Crippen LogP contribution is 2.53. The lowest BCUT2D eigenvalue weighted by atomic mass is 9.76. The van der Waals surface area contributed by atoms with Gasteiger partial charge in [-0.15, -0.1) is 0 Å². The summed E-state index contributed by atoms with van der Waals surface area (Å²) in [6.45, 7) is 16.2. The highest BCUT2D eigenvalue weighted by Gasteiger charge is 2.39. The van der Waals surface area contributed by atoms with Crippen molar-refractivity contribution in [2.24, 2.45) is 11.3 Å². The summed E-state index contributed by atoms with van der Waals surface area (Å²) in [5.74, 6) is 1.10. The summed E-state index contributed by atoms with van der Waals surface area (Å²) >= 11 is 0. The van der Waals surface area contributed by atoms with Crippen LogP contribution in [-0.4, -0.2) is 0 Å². The van der Waals surface area contributed by atoms with E-state index in [-0.39, 0.29) is 10.8 Å². The maximum Gasteiger partial charge on any atom is 0.0497 e. The normalized spacial score (nSPS) is 24.4. The average molecular weight is 374 g/mol. The van der Waals surface area contributed by atoms with Crippen LogP contribution in [0.1, 0.15) is 78.4 Å². The second kappa shape index (κ2) is 6.51. The molecular weight excluding hydrogens is 338 g/mol. The van der Waals surface area contributed by atoms with Gasteiger partial charge >= 0.3 is 0 Å². The van der Waals surface area contributed by atoms with Crippen molar-refractivity contribution in [1.29, 1.82) is 0 Å². The minimum Gasteiger partial charge on any atom is -0.314 e. The highest BCUT2D eigenvalue weighted by atomic mass is 15.2. The number of anilines is 1. The first kappa shape index (κ1) is 19.3. The lowest BCUT2D eigenvalue weighted by Gasteiger charge is -2.32. The molecule has 1 aromatic carbocycles. The molecule has 2 aliphatic carbocycles. The molecule has 2 unspecified atom stereocenters. The van der Waals surface area contributed by atoms with Crippen molar-refractivity contribution in [2.75, 3.05) is 4.90 Å². The molecule has 1 heterocycles. The Kier molecular flexibility index (Phi) is 4.49. The van der Waals surface area contributed by atoms with Gasteiger partial charge in [-0.25, -0.2) is 0 Å². The van der Waals surface area contributed by atoms with E-state index in [0.29, 0.717) is 11.8 Å². The molecule has 1 aromatic rings. The van der Waals surface area contributed by atoms with Crippen LogP contribution in [0, 0.1) is 11.3 Å². The molecule has 4 rings (SSSR count). The fourth-order valence-electron chi connectivity index (χ4n) is 4.56. The van der Waals surface area contributed by atoms with Crippen molar-refractivity contribution in [3.8, 4) is 0 Å². The largest absolute Gasteiger partial charge is 0.314 e. The van der Waals surface area contributed by atoms with E-state index >= 15 is 0 Å². The third-order valence-corrected chi connectivity index (χ3v) is 6.52. The van der Waals surface area contributed by atoms with Crippen LogP contribution in [0.4, 0.5) is 5.69 Å². The molecule has 0 aromatic heterocycles. The van der Waals surface area contributed by atoms with E-state index in [4.69, 9.17) is 0 Å². The molecule has 0 radical (unpaired) electrons. The number of hydrogen-bond acceptors (Lipinski definition) is 1. The highest BCUT2D eigenvalue weighted by molar-refractivity contribution is 5.75. The van der Waals surface area contributed by atoms with Gasteiger partial charge in [-0.3, -0.25) is 0 Å². The van der Waals surface area contributed by atoms with Crippen LogP contribution in [0.15, 0.2) is 65.5 Å². The molecule has 0 saturated heterocycles. The smallest absolute Gasteiger partial charge is 0.0497 e. The maximum absolute atomic E-state index is 2.52. The SMILES string of the molecule is CC1C=CC(N2C3=CC=C(C(C)(C)C)CC3c3cc(C(C)(C)C)ccc32)=CC1. The second-order valence-corrected chi connectivity index (χ2v) is 10.9. The van der Waals surface area contributed by atoms with Crippen LogP contribution < -0.4 is 4.90 Å². The van der Waals surface area contributed by atoms with Crippen LogP contribution in [0.5, 0.6) is 0 Å². The summed E-state index contributed by atoms with van der Waals surface area (Å²) in [5, 5.41) is 0. The molecule has 1 nitrogen and oxygen atoms in total. The summed E-state index contributed by atoms with van der Waals surface area (Å²) in [7, 11) is 0. The zero-order valence-corrected chi connectivity index (χ0v) is 18.6. The van der Waals surface area contributed by atoms with Gasteiger partial charge < -0.3 is 4.90 Å². The monoisotopic (exact) mass is 373 g/mol. The fraction of sp³-hybridized carbons (Fsp3) is 0.481. The lowest BCUT2D eigenvalue weighted by molar-refractivity contribution is 0.470. The van der Waals surface area contributed by atoms with Gasteiger partial charge in [0.2, 0.25) is 0 Å². The predicted molar refractivity (Wildman–Crippen MR) is 122 cm³/mol. The maximum atomic E-state index is 2.52. The molecule has 0 saturated carbocycles. The Hall–Kier alpha value is -2.02. The number of hydrogen-bond donors (Lipinski definition) is 0. The van der Waals surface area contributed by atoms with Crippen molar-refractivity contribution in [1.82, 2.24) is 0 Å². The van der Waals surface area contributed by atoms with E-state index < -0.39 is 0 Å². The van der Waals surface area contributed by atoms with Crippen LogP contribution >= 0.6 is 0 Å². The van der Waals surface area contributed by atoms with Crippen molar-refractivity contribution in [2.45, 2.75) is 72.6 Å². The van der Waals surface area contributed by atoms with Gasteiger partial charge in [-0.05, 0) is 58.9 Å². The lowest BCUT2D eigenvalue weighted by Crippen LogP contribution is -2.22. The van der Waals surface area contributed by atoms with Crippen molar-refractivity contribution in [3.05, 3.63) is 76.7 Å². The number of rotatable bonds is 1. The average Bonchev–Trinajstić information content (AvgIpc) is 2.94. The first-order valence-electron chi connectivity index (χ1n) is 10.8. The molecule has 0 fully saturated rings. The third-order valence-electron chi connectivity index (χ3n) is 6.52. The Bertz CT molecular complexity index is 909. The minimum absolute atomic E-state index is 0.170. The molecular formula is C27H35N. The van der Waals surface area contributed by atoms with Gasteiger partial charge in [0.25, 0.3) is 0 Å². The first-order chi connectivity index (χ1) is 13.1. The summed E-state index contributed by atoms with van der Waals surface area (Å²) in [5.41, 5.74) is 9.03. The van der Waals surface area contributed by atoms with Crippen molar-refractivity contribution < 1.29 is 0 Å². The van der Waals surface area contributed by atoms with Gasteiger partial charge in [0.15, 0.2) is 0 Å². The molecule has 0 N–H and O–H groups in total. The molecule has 0 spiro atoms. The molecule has 1 aliphatic heterocycles.